The van der Waals surface area contributed by atoms with E-state index < -0.39 is 0 Å². The maximum absolute atomic E-state index is 11.8. The zero-order valence-electron chi connectivity index (χ0n) is 7.88. The Morgan fingerprint density at radius 1 is 1.40 bits per heavy atom. The van der Waals surface area contributed by atoms with Gasteiger partial charge in [-0.05, 0) is 17.6 Å². The van der Waals surface area contributed by atoms with Crippen molar-refractivity contribution < 1.29 is 9.53 Å². The Balaban J connectivity index is 2.34. The van der Waals surface area contributed by atoms with Gasteiger partial charge in [0.05, 0.1) is 19.5 Å². The Labute approximate surface area is 89.9 Å². The van der Waals surface area contributed by atoms with Gasteiger partial charge in [0, 0.05) is 11.8 Å². The summed E-state index contributed by atoms with van der Waals surface area (Å²) in [5.41, 5.74) is 0.473. The molecule has 0 saturated heterocycles. The van der Waals surface area contributed by atoms with Gasteiger partial charge in [-0.3, -0.25) is 9.78 Å². The molecule has 6 heteroatoms. The van der Waals surface area contributed by atoms with E-state index in [1.165, 1.54) is 19.5 Å². The van der Waals surface area contributed by atoms with Gasteiger partial charge in [-0.25, -0.2) is 0 Å². The fourth-order valence-electron chi connectivity index (χ4n) is 1.06. The molecular weight excluding hydrogens is 214 g/mol. The molecule has 0 aliphatic heterocycles. The lowest BCUT2D eigenvalue weighted by molar-refractivity contribution is 0.104. The van der Waals surface area contributed by atoms with Crippen molar-refractivity contribution in [2.75, 3.05) is 7.11 Å². The second-order valence-electron chi connectivity index (χ2n) is 2.72. The minimum atomic E-state index is -0.142. The number of hydrogen-bond acceptors (Lipinski definition) is 6. The number of methoxy groups -OCH3 is 1. The van der Waals surface area contributed by atoms with Gasteiger partial charge in [0.15, 0.2) is 0 Å². The lowest BCUT2D eigenvalue weighted by atomic mass is 10.2. The molecule has 0 atom stereocenters. The van der Waals surface area contributed by atoms with E-state index in [1.54, 1.807) is 12.3 Å². The minimum absolute atomic E-state index is 0.142. The summed E-state index contributed by atoms with van der Waals surface area (Å²) >= 11 is 1.06. The van der Waals surface area contributed by atoms with Crippen LogP contribution in [0.5, 0.6) is 5.75 Å². The van der Waals surface area contributed by atoms with E-state index in [4.69, 9.17) is 4.74 Å². The lowest BCUT2D eigenvalue weighted by Crippen LogP contribution is -1.99. The molecule has 0 N–H and O–H groups in total. The molecule has 2 rings (SSSR count). The lowest BCUT2D eigenvalue weighted by Gasteiger charge is -2.00. The highest BCUT2D eigenvalue weighted by atomic mass is 32.1. The monoisotopic (exact) mass is 221 g/mol. The van der Waals surface area contributed by atoms with Crippen LogP contribution in [0.4, 0.5) is 0 Å². The molecule has 0 spiro atoms. The zero-order chi connectivity index (χ0) is 10.7. The molecule has 0 unspecified atom stereocenters. The number of pyridine rings is 1. The second kappa shape index (κ2) is 4.14. The first-order chi connectivity index (χ1) is 7.31. The molecule has 2 heterocycles. The van der Waals surface area contributed by atoms with E-state index >= 15 is 0 Å². The van der Waals surface area contributed by atoms with Crippen LogP contribution in [0.1, 0.15) is 15.2 Å². The first-order valence-corrected chi connectivity index (χ1v) is 4.89. The molecule has 0 radical (unpaired) electrons. The molecule has 0 aliphatic rings. The Kier molecular flexibility index (Phi) is 2.68. The summed E-state index contributed by atoms with van der Waals surface area (Å²) in [4.78, 5) is 16.2. The summed E-state index contributed by atoms with van der Waals surface area (Å²) in [5.74, 6) is 0.412. The van der Waals surface area contributed by atoms with Crippen LogP contribution in [0.3, 0.4) is 0 Å². The van der Waals surface area contributed by atoms with Gasteiger partial charge in [-0.15, -0.1) is 5.10 Å². The molecule has 5 nitrogen and oxygen atoms in total. The van der Waals surface area contributed by atoms with Crippen LogP contribution in [-0.2, 0) is 0 Å². The molecule has 2 aromatic rings. The van der Waals surface area contributed by atoms with Crippen LogP contribution in [-0.4, -0.2) is 27.5 Å². The summed E-state index contributed by atoms with van der Waals surface area (Å²) in [6.45, 7) is 0. The summed E-state index contributed by atoms with van der Waals surface area (Å²) in [5, 5.41) is 3.61. The van der Waals surface area contributed by atoms with Crippen molar-refractivity contribution >= 4 is 17.3 Å². The molecule has 15 heavy (non-hydrogen) atoms. The van der Waals surface area contributed by atoms with Crippen LogP contribution < -0.4 is 4.74 Å². The highest BCUT2D eigenvalue weighted by Gasteiger charge is 2.12. The van der Waals surface area contributed by atoms with Gasteiger partial charge in [0.1, 0.15) is 10.6 Å². The highest BCUT2D eigenvalue weighted by molar-refractivity contribution is 7.08. The molecule has 0 saturated carbocycles. The summed E-state index contributed by atoms with van der Waals surface area (Å²) in [7, 11) is 1.53. The number of carbonyl (C=O) groups is 1. The van der Waals surface area contributed by atoms with Crippen LogP contribution in [0.15, 0.2) is 24.7 Å². The predicted molar refractivity (Wildman–Crippen MR) is 54.1 cm³/mol. The Morgan fingerprint density at radius 3 is 2.93 bits per heavy atom. The number of aromatic nitrogens is 3. The molecule has 0 amide bonds. The fraction of sp³-hybridized carbons (Fsp3) is 0.111. The van der Waals surface area contributed by atoms with Crippen molar-refractivity contribution in [3.8, 4) is 5.75 Å². The Morgan fingerprint density at radius 2 is 2.27 bits per heavy atom. The van der Waals surface area contributed by atoms with E-state index in [0.29, 0.717) is 16.2 Å². The molecule has 0 aliphatic carbocycles. The van der Waals surface area contributed by atoms with E-state index in [9.17, 15) is 4.79 Å². The third-order valence-electron chi connectivity index (χ3n) is 1.80. The van der Waals surface area contributed by atoms with Crippen molar-refractivity contribution in [3.63, 3.8) is 0 Å². The van der Waals surface area contributed by atoms with E-state index in [0.717, 1.165) is 11.5 Å². The van der Waals surface area contributed by atoms with Crippen molar-refractivity contribution in [1.29, 1.82) is 0 Å². The average Bonchev–Trinajstić information content (AvgIpc) is 2.81. The number of hydrogen-bond donors (Lipinski definition) is 0. The molecule has 76 valence electrons. The van der Waals surface area contributed by atoms with Crippen molar-refractivity contribution in [2.24, 2.45) is 0 Å². The number of ketones is 1. The van der Waals surface area contributed by atoms with Crippen LogP contribution in [0.25, 0.3) is 0 Å². The van der Waals surface area contributed by atoms with Crippen molar-refractivity contribution in [1.82, 2.24) is 14.6 Å². The van der Waals surface area contributed by atoms with Crippen LogP contribution in [0, 0.1) is 0 Å². The van der Waals surface area contributed by atoms with Gasteiger partial charge in [0.2, 0.25) is 5.78 Å². The zero-order valence-corrected chi connectivity index (χ0v) is 8.69. The molecule has 0 aromatic carbocycles. The van der Waals surface area contributed by atoms with E-state index in [-0.39, 0.29) is 5.78 Å². The molecule has 2 aromatic heterocycles. The fourth-order valence-corrected chi connectivity index (χ4v) is 1.54. The Bertz CT molecular complexity index is 470. The molecule has 0 fully saturated rings. The first kappa shape index (κ1) is 9.72. The quantitative estimate of drug-likeness (QED) is 0.728. The third-order valence-corrected chi connectivity index (χ3v) is 2.46. The van der Waals surface area contributed by atoms with Crippen molar-refractivity contribution in [2.45, 2.75) is 0 Å². The maximum Gasteiger partial charge on any atom is 0.207 e. The number of ether oxygens (including phenoxy) is 1. The minimum Gasteiger partial charge on any atom is -0.495 e. The predicted octanol–water partition coefficient (Wildman–Crippen LogP) is 1.17. The number of rotatable bonds is 3. The number of nitrogens with zero attached hydrogens (tertiary/aromatic N) is 3. The summed E-state index contributed by atoms with van der Waals surface area (Å²) in [6, 6.07) is 1.63. The third kappa shape index (κ3) is 1.99. The molecular formula is C9H7N3O2S. The van der Waals surface area contributed by atoms with Gasteiger partial charge in [-0.1, -0.05) is 4.49 Å². The highest BCUT2D eigenvalue weighted by Crippen LogP contribution is 2.15. The standard InChI is InChI=1S/C9H7N3O2S/c1-14-7-2-6(3-10-4-7)9(13)8-5-11-12-15-8/h2-5H,1H3. The Hall–Kier alpha value is -1.82. The van der Waals surface area contributed by atoms with E-state index in [2.05, 4.69) is 14.6 Å². The first-order valence-electron chi connectivity index (χ1n) is 4.12. The van der Waals surface area contributed by atoms with Gasteiger partial charge in [-0.2, -0.15) is 0 Å². The van der Waals surface area contributed by atoms with Gasteiger partial charge >= 0.3 is 0 Å². The smallest absolute Gasteiger partial charge is 0.207 e. The molecule has 0 bridgehead atoms. The van der Waals surface area contributed by atoms with Crippen LogP contribution >= 0.6 is 11.5 Å². The van der Waals surface area contributed by atoms with Gasteiger partial charge in [0.25, 0.3) is 0 Å². The van der Waals surface area contributed by atoms with Crippen LogP contribution in [0.2, 0.25) is 0 Å². The normalized spacial score (nSPS) is 9.93. The summed E-state index contributed by atoms with van der Waals surface area (Å²) < 4.78 is 8.61. The van der Waals surface area contributed by atoms with Gasteiger partial charge < -0.3 is 4.74 Å². The number of carbonyl (C=O) groups excluding carboxylic acids is 1. The largest absolute Gasteiger partial charge is 0.495 e. The maximum atomic E-state index is 11.8. The second-order valence-corrected chi connectivity index (χ2v) is 3.51. The topological polar surface area (TPSA) is 65.0 Å². The van der Waals surface area contributed by atoms with Crippen molar-refractivity contribution in [3.05, 3.63) is 35.1 Å². The SMILES string of the molecule is COc1cncc(C(=O)c2cnns2)c1. The average molecular weight is 221 g/mol. The van der Waals surface area contributed by atoms with E-state index in [1.807, 2.05) is 0 Å². The summed E-state index contributed by atoms with van der Waals surface area (Å²) in [6.07, 6.45) is 4.47.